The van der Waals surface area contributed by atoms with Crippen LogP contribution in [0.25, 0.3) is 27.1 Å². The van der Waals surface area contributed by atoms with Crippen molar-refractivity contribution < 1.29 is 50.7 Å². The smallest absolute Gasteiger partial charge is 1.00 e. The fourth-order valence-electron chi connectivity index (χ4n) is 4.16. The fraction of sp³-hybridized carbons (Fsp3) is 0.346. The number of rotatable bonds is 1. The van der Waals surface area contributed by atoms with Crippen LogP contribution in [0.1, 0.15) is 64.7 Å². The third kappa shape index (κ3) is 4.78. The fourth-order valence-corrected chi connectivity index (χ4v) is 4.16. The second-order valence-corrected chi connectivity index (χ2v) is 9.72. The largest absolute Gasteiger partial charge is 4.00 e. The molecule has 29 heavy (non-hydrogen) atoms. The number of hydrogen-bond donors (Lipinski definition) is 0. The van der Waals surface area contributed by atoms with Gasteiger partial charge in [0.2, 0.25) is 0 Å². The number of fused-ring (bicyclic) bond motifs is 3. The summed E-state index contributed by atoms with van der Waals surface area (Å²) < 4.78 is 0. The minimum absolute atomic E-state index is 0. The van der Waals surface area contributed by atoms with E-state index >= 15 is 0 Å². The Labute approximate surface area is 206 Å². The molecule has 0 radical (unpaired) electrons. The molecule has 1 aliphatic carbocycles. The molecule has 0 saturated carbocycles. The minimum Gasteiger partial charge on any atom is -1.00 e. The molecule has 0 aromatic heterocycles. The Morgan fingerprint density at radius 3 is 2.03 bits per heavy atom. The predicted octanol–water partition coefficient (Wildman–Crippen LogP) is 1.66. The summed E-state index contributed by atoms with van der Waals surface area (Å²) >= 11 is 0. The van der Waals surface area contributed by atoms with Crippen LogP contribution >= 0.6 is 0 Å². The van der Waals surface area contributed by atoms with E-state index in [1.165, 1.54) is 43.8 Å². The molecule has 150 valence electrons. The number of halogens is 2. The first-order valence-corrected chi connectivity index (χ1v) is 9.69. The summed E-state index contributed by atoms with van der Waals surface area (Å²) in [4.78, 5) is 0. The first kappa shape index (κ1) is 26.3. The zero-order valence-corrected chi connectivity index (χ0v) is 23.3. The molecule has 0 aliphatic heterocycles. The first-order valence-electron chi connectivity index (χ1n) is 9.69. The van der Waals surface area contributed by atoms with Gasteiger partial charge in [-0.15, -0.1) is 33.7 Å². The second-order valence-electron chi connectivity index (χ2n) is 9.72. The van der Waals surface area contributed by atoms with E-state index in [4.69, 9.17) is 0 Å². The van der Waals surface area contributed by atoms with E-state index in [0.717, 1.165) is 6.42 Å². The van der Waals surface area contributed by atoms with E-state index in [1.807, 2.05) is 0 Å². The molecule has 3 heteroatoms. The van der Waals surface area contributed by atoms with E-state index in [9.17, 15) is 0 Å². The van der Waals surface area contributed by atoms with Gasteiger partial charge >= 0.3 is 25.8 Å². The van der Waals surface area contributed by atoms with Gasteiger partial charge in [-0.05, 0) is 17.3 Å². The van der Waals surface area contributed by atoms with Crippen LogP contribution in [-0.2, 0) is 36.7 Å². The van der Waals surface area contributed by atoms with Crippen molar-refractivity contribution in [2.45, 2.75) is 58.8 Å². The van der Waals surface area contributed by atoms with Gasteiger partial charge in [0.1, 0.15) is 0 Å². The standard InChI is InChI=1S/C26H29.2ClH.Hf/c1-25(2,3)19-11-12-20-18(15-19)16-22-21(20)13-14-23(26(4,5)6)24(22)17-9-7-8-10-17;;;/h7-9,11-16H,10H2,1-6H3;2*1H;/q-1;;;+4/p-2. The number of hydrogen-bond acceptors (Lipinski definition) is 0. The Morgan fingerprint density at radius 2 is 1.48 bits per heavy atom. The van der Waals surface area contributed by atoms with Crippen LogP contribution in [0.2, 0.25) is 0 Å². The maximum atomic E-state index is 2.42. The molecule has 3 aromatic rings. The molecule has 0 bridgehead atoms. The van der Waals surface area contributed by atoms with E-state index in [0.29, 0.717) is 0 Å². The molecule has 0 saturated heterocycles. The summed E-state index contributed by atoms with van der Waals surface area (Å²) in [6, 6.07) is 14.1. The van der Waals surface area contributed by atoms with Crippen molar-refractivity contribution in [2.75, 3.05) is 0 Å². The average molecular weight is 591 g/mol. The van der Waals surface area contributed by atoms with Gasteiger partial charge in [-0.2, -0.15) is 0 Å². The summed E-state index contributed by atoms with van der Waals surface area (Å²) in [5.74, 6) is 0. The van der Waals surface area contributed by atoms with Crippen molar-refractivity contribution in [3.63, 3.8) is 0 Å². The predicted molar refractivity (Wildman–Crippen MR) is 116 cm³/mol. The summed E-state index contributed by atoms with van der Waals surface area (Å²) in [5, 5.41) is 5.54. The van der Waals surface area contributed by atoms with Crippen molar-refractivity contribution >= 4 is 27.1 Å². The van der Waals surface area contributed by atoms with Crippen molar-refractivity contribution in [1.82, 2.24) is 0 Å². The molecular formula is C26H29Cl2Hf+. The quantitative estimate of drug-likeness (QED) is 0.299. The number of benzene rings is 2. The molecule has 3 aromatic carbocycles. The maximum absolute atomic E-state index is 2.42. The SMILES string of the molecule is CC(C)(C)c1ccc2c(c1)[cH-]c1c(C3=CC=CC3)c(C(C)(C)C)ccc12.[Cl-].[Cl-].[Hf+4]. The summed E-state index contributed by atoms with van der Waals surface area (Å²) in [5.41, 5.74) is 6.06. The molecule has 0 spiro atoms. The van der Waals surface area contributed by atoms with Crippen LogP contribution < -0.4 is 24.8 Å². The van der Waals surface area contributed by atoms with Crippen molar-refractivity contribution in [3.8, 4) is 0 Å². The Morgan fingerprint density at radius 1 is 0.828 bits per heavy atom. The van der Waals surface area contributed by atoms with Gasteiger partial charge < -0.3 is 24.8 Å². The van der Waals surface area contributed by atoms with Crippen LogP contribution in [0.3, 0.4) is 0 Å². The van der Waals surface area contributed by atoms with Crippen LogP contribution in [0, 0.1) is 0 Å². The normalized spacial score (nSPS) is 13.7. The molecule has 0 unspecified atom stereocenters. The zero-order chi connectivity index (χ0) is 18.7. The maximum Gasteiger partial charge on any atom is 4.00 e. The number of allylic oxidation sites excluding steroid dienone is 4. The van der Waals surface area contributed by atoms with Crippen molar-refractivity contribution in [2.24, 2.45) is 0 Å². The van der Waals surface area contributed by atoms with Gasteiger partial charge in [-0.3, -0.25) is 0 Å². The molecule has 0 fully saturated rings. The summed E-state index contributed by atoms with van der Waals surface area (Å²) in [6.07, 6.45) is 7.79. The van der Waals surface area contributed by atoms with Crippen molar-refractivity contribution in [3.05, 3.63) is 71.3 Å². The monoisotopic (exact) mass is 591 g/mol. The van der Waals surface area contributed by atoms with Gasteiger partial charge in [0.05, 0.1) is 0 Å². The molecule has 1 aliphatic rings. The molecule has 0 N–H and O–H groups in total. The van der Waals surface area contributed by atoms with Crippen LogP contribution in [0.15, 0.2) is 54.6 Å². The molecule has 0 heterocycles. The van der Waals surface area contributed by atoms with Gasteiger partial charge in [-0.1, -0.05) is 106 Å². The second kappa shape index (κ2) is 9.16. The third-order valence-corrected chi connectivity index (χ3v) is 5.65. The van der Waals surface area contributed by atoms with E-state index in [-0.39, 0.29) is 61.5 Å². The molecule has 0 amide bonds. The topological polar surface area (TPSA) is 0 Å². The molecule has 0 nitrogen and oxygen atoms in total. The van der Waals surface area contributed by atoms with Gasteiger partial charge in [-0.25, -0.2) is 0 Å². The zero-order valence-electron chi connectivity index (χ0n) is 18.2. The van der Waals surface area contributed by atoms with Gasteiger partial charge in [0.25, 0.3) is 0 Å². The molecule has 4 rings (SSSR count). The van der Waals surface area contributed by atoms with E-state index < -0.39 is 0 Å². The van der Waals surface area contributed by atoms with Crippen molar-refractivity contribution in [1.29, 1.82) is 0 Å². The molecular weight excluding hydrogens is 562 g/mol. The van der Waals surface area contributed by atoms with Gasteiger partial charge in [0, 0.05) is 0 Å². The Hall–Kier alpha value is -0.760. The summed E-state index contributed by atoms with van der Waals surface area (Å²) in [7, 11) is 0. The Kier molecular flexibility index (Phi) is 8.30. The molecule has 0 atom stereocenters. The van der Waals surface area contributed by atoms with Crippen LogP contribution in [0.5, 0.6) is 0 Å². The van der Waals surface area contributed by atoms with Crippen LogP contribution in [-0.4, -0.2) is 0 Å². The summed E-state index contributed by atoms with van der Waals surface area (Å²) in [6.45, 7) is 13.8. The van der Waals surface area contributed by atoms with E-state index in [2.05, 4.69) is 96.2 Å². The minimum atomic E-state index is 0. The van der Waals surface area contributed by atoms with E-state index in [1.54, 1.807) is 0 Å². The van der Waals surface area contributed by atoms with Gasteiger partial charge in [0.15, 0.2) is 0 Å². The third-order valence-electron chi connectivity index (χ3n) is 5.65. The Bertz CT molecular complexity index is 1070. The van der Waals surface area contributed by atoms with Crippen LogP contribution in [0.4, 0.5) is 0 Å². The first-order chi connectivity index (χ1) is 12.2. The average Bonchev–Trinajstić information content (AvgIpc) is 3.18. The Balaban J connectivity index is 0.00000140.